The molecule has 1 aliphatic carbocycles. The van der Waals surface area contributed by atoms with Gasteiger partial charge in [-0.25, -0.2) is 18.6 Å². The number of ether oxygens (including phenoxy) is 2. The number of pyridine rings is 1. The highest BCUT2D eigenvalue weighted by atomic mass is 35.5. The minimum atomic E-state index is -0.572. The predicted molar refractivity (Wildman–Crippen MR) is 123 cm³/mol. The molecule has 0 bridgehead atoms. The van der Waals surface area contributed by atoms with Gasteiger partial charge >= 0.3 is 5.97 Å². The summed E-state index contributed by atoms with van der Waals surface area (Å²) in [6.07, 6.45) is 3.71. The number of hydrogen-bond acceptors (Lipinski definition) is 4. The SMILES string of the molecule is CCOC(=O)c1cc(F)cc(C2=C(c3cc(Cl)cnc3OCc3ccccc3F)CCC2)c1. The Labute approximate surface area is 195 Å². The van der Waals surface area contributed by atoms with E-state index in [2.05, 4.69) is 4.98 Å². The summed E-state index contributed by atoms with van der Waals surface area (Å²) in [5.74, 6) is -1.13. The zero-order chi connectivity index (χ0) is 23.4. The number of nitrogens with zero attached hydrogens (tertiary/aromatic N) is 1. The number of carbonyl (C=O) groups excluding carboxylic acids is 1. The first-order chi connectivity index (χ1) is 16.0. The van der Waals surface area contributed by atoms with Gasteiger partial charge in [-0.05, 0) is 73.2 Å². The number of carbonyl (C=O) groups is 1. The quantitative estimate of drug-likeness (QED) is 0.354. The van der Waals surface area contributed by atoms with Crippen molar-refractivity contribution in [2.24, 2.45) is 0 Å². The van der Waals surface area contributed by atoms with Crippen molar-refractivity contribution < 1.29 is 23.0 Å². The number of benzene rings is 2. The van der Waals surface area contributed by atoms with Crippen LogP contribution >= 0.6 is 11.6 Å². The van der Waals surface area contributed by atoms with Gasteiger partial charge in [0.1, 0.15) is 18.2 Å². The van der Waals surface area contributed by atoms with E-state index in [1.807, 2.05) is 0 Å². The fourth-order valence-electron chi connectivity index (χ4n) is 3.98. The molecular weight excluding hydrogens is 448 g/mol. The van der Waals surface area contributed by atoms with Crippen LogP contribution in [0.1, 0.15) is 53.2 Å². The van der Waals surface area contributed by atoms with Gasteiger partial charge in [0.2, 0.25) is 5.88 Å². The Kier molecular flexibility index (Phi) is 7.04. The van der Waals surface area contributed by atoms with Gasteiger partial charge in [0, 0.05) is 17.3 Å². The number of aromatic nitrogens is 1. The van der Waals surface area contributed by atoms with Gasteiger partial charge < -0.3 is 9.47 Å². The van der Waals surface area contributed by atoms with Crippen molar-refractivity contribution in [2.75, 3.05) is 6.61 Å². The summed E-state index contributed by atoms with van der Waals surface area (Å²) in [6, 6.07) is 12.3. The normalized spacial score (nSPS) is 13.3. The first-order valence-corrected chi connectivity index (χ1v) is 11.1. The zero-order valence-electron chi connectivity index (χ0n) is 18.0. The van der Waals surface area contributed by atoms with Gasteiger partial charge in [-0.2, -0.15) is 0 Å². The van der Waals surface area contributed by atoms with Crippen molar-refractivity contribution in [3.63, 3.8) is 0 Å². The van der Waals surface area contributed by atoms with E-state index < -0.39 is 11.8 Å². The molecule has 1 aliphatic rings. The van der Waals surface area contributed by atoms with E-state index in [-0.39, 0.29) is 24.6 Å². The van der Waals surface area contributed by atoms with Crippen LogP contribution in [0.5, 0.6) is 5.88 Å². The van der Waals surface area contributed by atoms with Crippen LogP contribution in [0.4, 0.5) is 8.78 Å². The molecule has 0 fully saturated rings. The molecule has 4 rings (SSSR count). The number of allylic oxidation sites excluding steroid dienone is 2. The van der Waals surface area contributed by atoms with Crippen molar-refractivity contribution in [3.05, 3.63) is 93.6 Å². The van der Waals surface area contributed by atoms with Crippen molar-refractivity contribution in [3.8, 4) is 5.88 Å². The third kappa shape index (κ3) is 5.22. The fraction of sp³-hybridized carbons (Fsp3) is 0.231. The number of esters is 1. The molecule has 7 heteroatoms. The average Bonchev–Trinajstić information content (AvgIpc) is 3.29. The summed E-state index contributed by atoms with van der Waals surface area (Å²) >= 11 is 6.24. The fourth-order valence-corrected chi connectivity index (χ4v) is 4.13. The molecule has 0 aliphatic heterocycles. The maximum Gasteiger partial charge on any atom is 0.338 e. The summed E-state index contributed by atoms with van der Waals surface area (Å²) in [4.78, 5) is 16.5. The van der Waals surface area contributed by atoms with Crippen LogP contribution in [0, 0.1) is 11.6 Å². The second-order valence-electron chi connectivity index (χ2n) is 7.65. The average molecular weight is 470 g/mol. The summed E-state index contributed by atoms with van der Waals surface area (Å²) in [5.41, 5.74) is 3.64. The Hall–Kier alpha value is -3.25. The van der Waals surface area contributed by atoms with Gasteiger partial charge in [0.05, 0.1) is 17.2 Å². The molecule has 0 saturated heterocycles. The third-order valence-corrected chi connectivity index (χ3v) is 5.65. The second kappa shape index (κ2) is 10.1. The lowest BCUT2D eigenvalue weighted by atomic mass is 9.96. The molecule has 0 amide bonds. The maximum absolute atomic E-state index is 14.4. The van der Waals surface area contributed by atoms with Gasteiger partial charge in [-0.15, -0.1) is 0 Å². The van der Waals surface area contributed by atoms with E-state index in [9.17, 15) is 13.6 Å². The van der Waals surface area contributed by atoms with E-state index >= 15 is 0 Å². The molecule has 1 aromatic heterocycles. The molecule has 0 atom stereocenters. The van der Waals surface area contributed by atoms with Gasteiger partial charge in [-0.1, -0.05) is 29.8 Å². The molecule has 0 radical (unpaired) electrons. The molecule has 2 aromatic carbocycles. The first-order valence-electron chi connectivity index (χ1n) is 10.7. The molecule has 1 heterocycles. The van der Waals surface area contributed by atoms with Crippen molar-refractivity contribution in [1.29, 1.82) is 0 Å². The highest BCUT2D eigenvalue weighted by Gasteiger charge is 2.23. The van der Waals surface area contributed by atoms with E-state index in [0.29, 0.717) is 40.4 Å². The maximum atomic E-state index is 14.4. The topological polar surface area (TPSA) is 48.4 Å². The van der Waals surface area contributed by atoms with Crippen LogP contribution in [0.15, 0.2) is 54.7 Å². The van der Waals surface area contributed by atoms with Gasteiger partial charge in [0.15, 0.2) is 0 Å². The van der Waals surface area contributed by atoms with Crippen LogP contribution in [0.25, 0.3) is 11.1 Å². The zero-order valence-corrected chi connectivity index (χ0v) is 18.8. The van der Waals surface area contributed by atoms with E-state index in [1.165, 1.54) is 24.4 Å². The first kappa shape index (κ1) is 22.9. The van der Waals surface area contributed by atoms with Gasteiger partial charge in [-0.3, -0.25) is 0 Å². The lowest BCUT2D eigenvalue weighted by Gasteiger charge is -2.15. The summed E-state index contributed by atoms with van der Waals surface area (Å²) in [6.45, 7) is 1.91. The van der Waals surface area contributed by atoms with Crippen molar-refractivity contribution in [2.45, 2.75) is 32.8 Å². The van der Waals surface area contributed by atoms with Crippen molar-refractivity contribution >= 4 is 28.7 Å². The van der Waals surface area contributed by atoms with Crippen molar-refractivity contribution in [1.82, 2.24) is 4.98 Å². The molecular formula is C26H22ClF2NO3. The van der Waals surface area contributed by atoms with Gasteiger partial charge in [0.25, 0.3) is 0 Å². The lowest BCUT2D eigenvalue weighted by molar-refractivity contribution is 0.0525. The Balaban J connectivity index is 1.73. The second-order valence-corrected chi connectivity index (χ2v) is 8.08. The Morgan fingerprint density at radius 2 is 1.88 bits per heavy atom. The predicted octanol–water partition coefficient (Wildman–Crippen LogP) is 6.86. The molecule has 0 unspecified atom stereocenters. The third-order valence-electron chi connectivity index (χ3n) is 5.44. The molecule has 4 nitrogen and oxygen atoms in total. The van der Waals surface area contributed by atoms with E-state index in [4.69, 9.17) is 21.1 Å². The van der Waals surface area contributed by atoms with Crippen LogP contribution in [-0.2, 0) is 11.3 Å². The summed E-state index contributed by atoms with van der Waals surface area (Å²) in [5, 5.41) is 0.424. The number of halogens is 3. The minimum absolute atomic E-state index is 0.00386. The highest BCUT2D eigenvalue weighted by Crippen LogP contribution is 2.43. The Morgan fingerprint density at radius 3 is 2.67 bits per heavy atom. The summed E-state index contributed by atoms with van der Waals surface area (Å²) < 4.78 is 39.3. The molecule has 33 heavy (non-hydrogen) atoms. The molecule has 3 aromatic rings. The largest absolute Gasteiger partial charge is 0.472 e. The number of rotatable bonds is 7. The standard InChI is InChI=1S/C26H22ClF2NO3/c1-2-32-26(31)18-10-17(11-20(28)12-18)21-7-5-8-22(21)23-13-19(27)14-30-25(23)33-15-16-6-3-4-9-24(16)29/h3-4,6,9-14H,2,5,7-8,15H2,1H3. The number of hydrogen-bond donors (Lipinski definition) is 0. The highest BCUT2D eigenvalue weighted by molar-refractivity contribution is 6.30. The summed E-state index contributed by atoms with van der Waals surface area (Å²) in [7, 11) is 0. The Bertz CT molecular complexity index is 1230. The van der Waals surface area contributed by atoms with Crippen LogP contribution in [0.3, 0.4) is 0 Å². The molecule has 0 spiro atoms. The van der Waals surface area contributed by atoms with Crippen LogP contribution in [0.2, 0.25) is 5.02 Å². The van der Waals surface area contributed by atoms with Crippen LogP contribution < -0.4 is 4.74 Å². The van der Waals surface area contributed by atoms with Crippen LogP contribution in [-0.4, -0.2) is 17.6 Å². The van der Waals surface area contributed by atoms with E-state index in [1.54, 1.807) is 37.3 Å². The molecule has 0 saturated carbocycles. The molecule has 170 valence electrons. The lowest BCUT2D eigenvalue weighted by Crippen LogP contribution is -2.06. The Morgan fingerprint density at radius 1 is 1.09 bits per heavy atom. The van der Waals surface area contributed by atoms with E-state index in [0.717, 1.165) is 17.6 Å². The molecule has 0 N–H and O–H groups in total. The smallest absolute Gasteiger partial charge is 0.338 e. The minimum Gasteiger partial charge on any atom is -0.472 e. The monoisotopic (exact) mass is 469 g/mol.